The smallest absolute Gasteiger partial charge is 0.341 e. The van der Waals surface area contributed by atoms with E-state index in [0.29, 0.717) is 44.5 Å². The summed E-state index contributed by atoms with van der Waals surface area (Å²) >= 11 is 0. The summed E-state index contributed by atoms with van der Waals surface area (Å²) < 4.78 is 45.4. The van der Waals surface area contributed by atoms with Gasteiger partial charge in [-0.2, -0.15) is 0 Å². The summed E-state index contributed by atoms with van der Waals surface area (Å²) in [7, 11) is -2.83. The van der Waals surface area contributed by atoms with Crippen LogP contribution in [0, 0.1) is 11.8 Å². The van der Waals surface area contributed by atoms with E-state index >= 15 is 0 Å². The van der Waals surface area contributed by atoms with Crippen molar-refractivity contribution < 1.29 is 32.5 Å². The van der Waals surface area contributed by atoms with Crippen LogP contribution < -0.4 is 9.46 Å². The minimum Gasteiger partial charge on any atom is -0.492 e. The van der Waals surface area contributed by atoms with Gasteiger partial charge in [-0.25, -0.2) is 18.2 Å². The van der Waals surface area contributed by atoms with Crippen molar-refractivity contribution in [3.05, 3.63) is 47.2 Å². The van der Waals surface area contributed by atoms with E-state index in [9.17, 15) is 18.3 Å². The number of carbonyl (C=O) groups is 1. The number of ether oxygens (including phenoxy) is 3. The summed E-state index contributed by atoms with van der Waals surface area (Å²) in [6, 6.07) is 6.09. The van der Waals surface area contributed by atoms with E-state index in [0.717, 1.165) is 43.2 Å². The molecule has 10 heteroatoms. The molecular weight excluding hydrogens is 496 g/mol. The first-order valence-corrected chi connectivity index (χ1v) is 14.4. The number of rotatable bonds is 12. The Kier molecular flexibility index (Phi) is 9.04. The van der Waals surface area contributed by atoms with Gasteiger partial charge in [0.05, 0.1) is 24.7 Å². The Morgan fingerprint density at radius 3 is 2.65 bits per heavy atom. The Bertz CT molecular complexity index is 1190. The second-order valence-electron chi connectivity index (χ2n) is 9.77. The SMILES string of the molecule is CCc1cnc(NS(=O)(=O)c2ccc(OCC3CCOCC3)c(C(=O)OC)c2)c(CC[C@@H](O)C2CC2)c1. The summed E-state index contributed by atoms with van der Waals surface area (Å²) in [6.07, 6.45) is 6.86. The highest BCUT2D eigenvalue weighted by Gasteiger charge is 2.30. The van der Waals surface area contributed by atoms with Gasteiger partial charge in [0.1, 0.15) is 17.1 Å². The number of methoxy groups -OCH3 is 1. The summed E-state index contributed by atoms with van der Waals surface area (Å²) in [6.45, 7) is 3.76. The zero-order valence-corrected chi connectivity index (χ0v) is 22.3. The Morgan fingerprint density at radius 1 is 1.22 bits per heavy atom. The standard InChI is InChI=1S/C27H36N2O7S/c1-3-18-14-21(6-8-24(30)20-4-5-20)26(28-16-18)29-37(32,33)22-7-9-25(23(15-22)27(31)34-2)36-17-19-10-12-35-13-11-19/h7,9,14-16,19-20,24,30H,3-6,8,10-13,17H2,1-2H3,(H,28,29)/t24-/m1/s1. The quantitative estimate of drug-likeness (QED) is 0.396. The first-order chi connectivity index (χ1) is 17.8. The van der Waals surface area contributed by atoms with Crippen molar-refractivity contribution in [2.24, 2.45) is 11.8 Å². The van der Waals surface area contributed by atoms with Crippen molar-refractivity contribution in [1.29, 1.82) is 0 Å². The molecule has 1 aliphatic carbocycles. The molecule has 202 valence electrons. The van der Waals surface area contributed by atoms with Crippen LogP contribution >= 0.6 is 0 Å². The maximum absolute atomic E-state index is 13.3. The van der Waals surface area contributed by atoms with Crippen LogP contribution in [0.4, 0.5) is 5.82 Å². The molecule has 1 atom stereocenters. The maximum atomic E-state index is 13.3. The van der Waals surface area contributed by atoms with E-state index in [1.165, 1.54) is 25.3 Å². The Hall–Kier alpha value is -2.69. The van der Waals surface area contributed by atoms with Crippen LogP contribution in [-0.4, -0.2) is 57.5 Å². The molecular formula is C27H36N2O7S. The van der Waals surface area contributed by atoms with Gasteiger partial charge < -0.3 is 19.3 Å². The average molecular weight is 533 g/mol. The summed E-state index contributed by atoms with van der Waals surface area (Å²) in [5, 5.41) is 10.3. The molecule has 1 aromatic heterocycles. The number of aliphatic hydroxyl groups is 1. The molecule has 4 rings (SSSR count). The van der Waals surface area contributed by atoms with Crippen LogP contribution in [0.15, 0.2) is 35.4 Å². The summed E-state index contributed by atoms with van der Waals surface area (Å²) in [5.74, 6) is 0.459. The van der Waals surface area contributed by atoms with E-state index < -0.39 is 22.1 Å². The van der Waals surface area contributed by atoms with Gasteiger partial charge in [0, 0.05) is 19.4 Å². The Morgan fingerprint density at radius 2 is 1.97 bits per heavy atom. The highest BCUT2D eigenvalue weighted by molar-refractivity contribution is 7.92. The lowest BCUT2D eigenvalue weighted by Gasteiger charge is -2.22. The number of nitrogens with zero attached hydrogens (tertiary/aromatic N) is 1. The number of sulfonamides is 1. The minimum atomic E-state index is -4.07. The molecule has 0 unspecified atom stereocenters. The van der Waals surface area contributed by atoms with E-state index in [2.05, 4.69) is 9.71 Å². The number of pyridine rings is 1. The molecule has 37 heavy (non-hydrogen) atoms. The van der Waals surface area contributed by atoms with Gasteiger partial charge in [0.25, 0.3) is 10.0 Å². The van der Waals surface area contributed by atoms with Crippen molar-refractivity contribution in [3.63, 3.8) is 0 Å². The third-order valence-electron chi connectivity index (χ3n) is 7.02. The van der Waals surface area contributed by atoms with Crippen molar-refractivity contribution >= 4 is 21.8 Å². The molecule has 2 fully saturated rings. The van der Waals surface area contributed by atoms with Crippen molar-refractivity contribution in [2.75, 3.05) is 31.7 Å². The Labute approximate surface area is 218 Å². The van der Waals surface area contributed by atoms with Crippen LogP contribution in [-0.2, 0) is 32.3 Å². The Balaban J connectivity index is 1.54. The lowest BCUT2D eigenvalue weighted by atomic mass is 10.0. The number of nitrogens with one attached hydrogen (secondary N) is 1. The lowest BCUT2D eigenvalue weighted by Crippen LogP contribution is -2.22. The van der Waals surface area contributed by atoms with E-state index in [-0.39, 0.29) is 22.0 Å². The number of aliphatic hydroxyl groups excluding tert-OH is 1. The molecule has 0 amide bonds. The predicted octanol–water partition coefficient (Wildman–Crippen LogP) is 3.74. The van der Waals surface area contributed by atoms with Crippen LogP contribution in [0.1, 0.15) is 60.5 Å². The number of hydrogen-bond donors (Lipinski definition) is 2. The van der Waals surface area contributed by atoms with Crippen LogP contribution in [0.25, 0.3) is 0 Å². The van der Waals surface area contributed by atoms with Gasteiger partial charge in [-0.05, 0) is 86.1 Å². The highest BCUT2D eigenvalue weighted by atomic mass is 32.2. The third-order valence-corrected chi connectivity index (χ3v) is 8.36. The van der Waals surface area contributed by atoms with Gasteiger partial charge in [-0.1, -0.05) is 13.0 Å². The predicted molar refractivity (Wildman–Crippen MR) is 138 cm³/mol. The molecule has 0 spiro atoms. The fraction of sp³-hybridized carbons (Fsp3) is 0.556. The molecule has 1 saturated carbocycles. The first-order valence-electron chi connectivity index (χ1n) is 12.9. The normalized spacial score (nSPS) is 17.3. The number of hydrogen-bond acceptors (Lipinski definition) is 8. The molecule has 2 aliphatic rings. The zero-order valence-electron chi connectivity index (χ0n) is 21.4. The van der Waals surface area contributed by atoms with Gasteiger partial charge in [-0.3, -0.25) is 4.72 Å². The molecule has 2 N–H and O–H groups in total. The van der Waals surface area contributed by atoms with Crippen molar-refractivity contribution in [3.8, 4) is 5.75 Å². The van der Waals surface area contributed by atoms with Crippen molar-refractivity contribution in [1.82, 2.24) is 4.98 Å². The summed E-state index contributed by atoms with van der Waals surface area (Å²) in [4.78, 5) is 16.8. The molecule has 2 aromatic rings. The lowest BCUT2D eigenvalue weighted by molar-refractivity contribution is 0.0483. The number of esters is 1. The van der Waals surface area contributed by atoms with Gasteiger partial charge in [0.15, 0.2) is 0 Å². The van der Waals surface area contributed by atoms with Crippen molar-refractivity contribution in [2.45, 2.75) is 62.9 Å². The molecule has 9 nitrogen and oxygen atoms in total. The van der Waals surface area contributed by atoms with Crippen LogP contribution in [0.5, 0.6) is 5.75 Å². The minimum absolute atomic E-state index is 0.0412. The molecule has 2 heterocycles. The van der Waals surface area contributed by atoms with Crippen LogP contribution in [0.3, 0.4) is 0 Å². The molecule has 1 aliphatic heterocycles. The maximum Gasteiger partial charge on any atom is 0.341 e. The van der Waals surface area contributed by atoms with Gasteiger partial charge >= 0.3 is 5.97 Å². The van der Waals surface area contributed by atoms with E-state index in [4.69, 9.17) is 14.2 Å². The van der Waals surface area contributed by atoms with Gasteiger partial charge in [0.2, 0.25) is 0 Å². The van der Waals surface area contributed by atoms with E-state index in [1.807, 2.05) is 13.0 Å². The topological polar surface area (TPSA) is 124 Å². The first kappa shape index (κ1) is 27.3. The second-order valence-corrected chi connectivity index (χ2v) is 11.5. The second kappa shape index (κ2) is 12.2. The van der Waals surface area contributed by atoms with Gasteiger partial charge in [-0.15, -0.1) is 0 Å². The number of anilines is 1. The fourth-order valence-corrected chi connectivity index (χ4v) is 5.51. The number of benzene rings is 1. The average Bonchev–Trinajstić information content (AvgIpc) is 3.77. The largest absolute Gasteiger partial charge is 0.492 e. The number of carbonyl (C=O) groups excluding carboxylic acids is 1. The molecule has 0 bridgehead atoms. The number of aryl methyl sites for hydroxylation is 2. The highest BCUT2D eigenvalue weighted by Crippen LogP contribution is 2.35. The van der Waals surface area contributed by atoms with Crippen LogP contribution in [0.2, 0.25) is 0 Å². The monoisotopic (exact) mass is 532 g/mol. The zero-order chi connectivity index (χ0) is 26.4. The third kappa shape index (κ3) is 7.21. The molecule has 0 radical (unpaired) electrons. The fourth-order valence-electron chi connectivity index (χ4n) is 4.43. The number of aromatic nitrogens is 1. The van der Waals surface area contributed by atoms with E-state index in [1.54, 1.807) is 6.20 Å². The molecule has 1 saturated heterocycles. The summed E-state index contributed by atoms with van der Waals surface area (Å²) in [5.41, 5.74) is 1.75. The molecule has 1 aromatic carbocycles.